The lowest BCUT2D eigenvalue weighted by atomic mass is 10.1. The zero-order valence-electron chi connectivity index (χ0n) is 9.89. The number of ether oxygens (including phenoxy) is 1. The molecule has 1 heterocycles. The van der Waals surface area contributed by atoms with Crippen molar-refractivity contribution < 1.29 is 9.53 Å². The molecule has 0 aromatic carbocycles. The molecule has 5 nitrogen and oxygen atoms in total. The Bertz CT molecular complexity index is 326. The molecule has 1 saturated carbocycles. The van der Waals surface area contributed by atoms with Crippen LogP contribution in [0.4, 0.5) is 0 Å². The number of carbonyl (C=O) groups excluding carboxylic acids is 1. The normalized spacial score (nSPS) is 36.7. The summed E-state index contributed by atoms with van der Waals surface area (Å²) in [5, 5.41) is 11.9. The predicted octanol–water partition coefficient (Wildman–Crippen LogP) is 0.301. The SMILES string of the molecule is N#CC1CCCC1NC(=O)C1CCC(CN)O1. The molecule has 0 aromatic heterocycles. The third-order valence-electron chi connectivity index (χ3n) is 3.67. The van der Waals surface area contributed by atoms with Gasteiger partial charge in [0.2, 0.25) is 5.91 Å². The van der Waals surface area contributed by atoms with Crippen LogP contribution in [0.25, 0.3) is 0 Å². The van der Waals surface area contributed by atoms with E-state index in [0.717, 1.165) is 32.1 Å². The van der Waals surface area contributed by atoms with E-state index in [-0.39, 0.29) is 30.1 Å². The van der Waals surface area contributed by atoms with Crippen molar-refractivity contribution in [1.82, 2.24) is 5.32 Å². The summed E-state index contributed by atoms with van der Waals surface area (Å²) in [6, 6.07) is 2.26. The van der Waals surface area contributed by atoms with Gasteiger partial charge in [-0.15, -0.1) is 0 Å². The van der Waals surface area contributed by atoms with Gasteiger partial charge in [-0.25, -0.2) is 0 Å². The van der Waals surface area contributed by atoms with Crippen molar-refractivity contribution >= 4 is 5.91 Å². The molecule has 1 aliphatic carbocycles. The molecule has 0 spiro atoms. The number of nitrogens with two attached hydrogens (primary N) is 1. The molecule has 4 unspecified atom stereocenters. The van der Waals surface area contributed by atoms with E-state index >= 15 is 0 Å². The van der Waals surface area contributed by atoms with E-state index in [4.69, 9.17) is 15.7 Å². The zero-order chi connectivity index (χ0) is 12.3. The molecule has 5 heteroatoms. The Hall–Kier alpha value is -1.12. The molecule has 94 valence electrons. The quantitative estimate of drug-likeness (QED) is 0.739. The van der Waals surface area contributed by atoms with E-state index in [1.165, 1.54) is 0 Å². The van der Waals surface area contributed by atoms with Crippen LogP contribution < -0.4 is 11.1 Å². The van der Waals surface area contributed by atoms with Gasteiger partial charge in [-0.05, 0) is 32.1 Å². The summed E-state index contributed by atoms with van der Waals surface area (Å²) >= 11 is 0. The Balaban J connectivity index is 1.83. The lowest BCUT2D eigenvalue weighted by molar-refractivity contribution is -0.132. The molecule has 0 aromatic rings. The van der Waals surface area contributed by atoms with Gasteiger partial charge in [-0.3, -0.25) is 4.79 Å². The van der Waals surface area contributed by atoms with Gasteiger partial charge >= 0.3 is 0 Å². The maximum atomic E-state index is 11.9. The van der Waals surface area contributed by atoms with Crippen molar-refractivity contribution in [2.75, 3.05) is 6.54 Å². The standard InChI is InChI=1S/C12H19N3O2/c13-6-8-2-1-3-10(8)15-12(16)11-5-4-9(7-14)17-11/h8-11H,1-5,7,14H2,(H,15,16). The summed E-state index contributed by atoms with van der Waals surface area (Å²) in [6.07, 6.45) is 4.03. The highest BCUT2D eigenvalue weighted by molar-refractivity contribution is 5.81. The predicted molar refractivity (Wildman–Crippen MR) is 61.8 cm³/mol. The molecular formula is C12H19N3O2. The van der Waals surface area contributed by atoms with E-state index in [0.29, 0.717) is 6.54 Å². The van der Waals surface area contributed by atoms with Crippen molar-refractivity contribution in [1.29, 1.82) is 5.26 Å². The highest BCUT2D eigenvalue weighted by Crippen LogP contribution is 2.26. The number of rotatable bonds is 3. The van der Waals surface area contributed by atoms with Gasteiger partial charge in [0, 0.05) is 12.6 Å². The van der Waals surface area contributed by atoms with Gasteiger partial charge in [0.05, 0.1) is 18.1 Å². The number of amides is 1. The fourth-order valence-corrected chi connectivity index (χ4v) is 2.63. The first kappa shape index (κ1) is 12.3. The van der Waals surface area contributed by atoms with Crippen LogP contribution in [0, 0.1) is 17.2 Å². The Kier molecular flexibility index (Phi) is 3.97. The van der Waals surface area contributed by atoms with Crippen molar-refractivity contribution in [3.8, 4) is 6.07 Å². The van der Waals surface area contributed by atoms with Gasteiger partial charge in [0.15, 0.2) is 0 Å². The van der Waals surface area contributed by atoms with Crippen LogP contribution >= 0.6 is 0 Å². The molecule has 1 amide bonds. The molecule has 0 radical (unpaired) electrons. The fraction of sp³-hybridized carbons (Fsp3) is 0.833. The van der Waals surface area contributed by atoms with E-state index in [1.54, 1.807) is 0 Å². The van der Waals surface area contributed by atoms with Crippen molar-refractivity contribution in [3.63, 3.8) is 0 Å². The van der Waals surface area contributed by atoms with Crippen LogP contribution in [-0.2, 0) is 9.53 Å². The molecule has 1 saturated heterocycles. The third kappa shape index (κ3) is 2.76. The minimum atomic E-state index is -0.372. The highest BCUT2D eigenvalue weighted by Gasteiger charge is 2.34. The summed E-state index contributed by atoms with van der Waals surface area (Å²) < 4.78 is 5.53. The second-order valence-electron chi connectivity index (χ2n) is 4.84. The first-order chi connectivity index (χ1) is 8.24. The molecule has 0 bridgehead atoms. The van der Waals surface area contributed by atoms with Crippen LogP contribution in [0.3, 0.4) is 0 Å². The van der Waals surface area contributed by atoms with Gasteiger partial charge in [0.1, 0.15) is 6.10 Å². The summed E-state index contributed by atoms with van der Waals surface area (Å²) in [6.45, 7) is 0.466. The number of nitrogens with zero attached hydrogens (tertiary/aromatic N) is 1. The average molecular weight is 237 g/mol. The molecular weight excluding hydrogens is 218 g/mol. The Morgan fingerprint density at radius 1 is 1.41 bits per heavy atom. The second-order valence-corrected chi connectivity index (χ2v) is 4.84. The lowest BCUT2D eigenvalue weighted by Gasteiger charge is -2.18. The summed E-state index contributed by atoms with van der Waals surface area (Å²) in [4.78, 5) is 11.9. The van der Waals surface area contributed by atoms with Gasteiger partial charge in [-0.1, -0.05) is 0 Å². The van der Waals surface area contributed by atoms with Gasteiger partial charge in [-0.2, -0.15) is 5.26 Å². The molecule has 17 heavy (non-hydrogen) atoms. The van der Waals surface area contributed by atoms with Crippen molar-refractivity contribution in [3.05, 3.63) is 0 Å². The topological polar surface area (TPSA) is 88.1 Å². The number of carbonyl (C=O) groups is 1. The molecule has 3 N–H and O–H groups in total. The van der Waals surface area contributed by atoms with Crippen LogP contribution in [0.1, 0.15) is 32.1 Å². The molecule has 4 atom stereocenters. The Morgan fingerprint density at radius 2 is 2.24 bits per heavy atom. The van der Waals surface area contributed by atoms with E-state index in [1.807, 2.05) is 0 Å². The number of nitriles is 1. The lowest BCUT2D eigenvalue weighted by Crippen LogP contribution is -2.43. The maximum Gasteiger partial charge on any atom is 0.249 e. The van der Waals surface area contributed by atoms with Crippen LogP contribution in [0.5, 0.6) is 0 Å². The minimum absolute atomic E-state index is 0.00743. The molecule has 2 fully saturated rings. The zero-order valence-corrected chi connectivity index (χ0v) is 9.89. The van der Waals surface area contributed by atoms with Crippen molar-refractivity contribution in [2.24, 2.45) is 11.7 Å². The Labute approximate surface area is 101 Å². The highest BCUT2D eigenvalue weighted by atomic mass is 16.5. The molecule has 1 aliphatic heterocycles. The van der Waals surface area contributed by atoms with Gasteiger partial charge in [0.25, 0.3) is 0 Å². The minimum Gasteiger partial charge on any atom is -0.364 e. The first-order valence-electron chi connectivity index (χ1n) is 6.30. The van der Waals surface area contributed by atoms with Gasteiger partial charge < -0.3 is 15.8 Å². The average Bonchev–Trinajstić information content (AvgIpc) is 2.96. The van der Waals surface area contributed by atoms with Crippen molar-refractivity contribution in [2.45, 2.75) is 50.4 Å². The van der Waals surface area contributed by atoms with E-state index < -0.39 is 0 Å². The van der Waals surface area contributed by atoms with Crippen LogP contribution in [0.2, 0.25) is 0 Å². The first-order valence-corrected chi connectivity index (χ1v) is 6.30. The third-order valence-corrected chi connectivity index (χ3v) is 3.67. The van der Waals surface area contributed by atoms with Crippen LogP contribution in [0.15, 0.2) is 0 Å². The monoisotopic (exact) mass is 237 g/mol. The summed E-state index contributed by atoms with van der Waals surface area (Å²) in [7, 11) is 0. The largest absolute Gasteiger partial charge is 0.364 e. The smallest absolute Gasteiger partial charge is 0.249 e. The molecule has 2 rings (SSSR count). The maximum absolute atomic E-state index is 11.9. The van der Waals surface area contributed by atoms with E-state index in [2.05, 4.69) is 11.4 Å². The second kappa shape index (κ2) is 5.48. The van der Waals surface area contributed by atoms with E-state index in [9.17, 15) is 4.79 Å². The summed E-state index contributed by atoms with van der Waals surface area (Å²) in [5.41, 5.74) is 5.50. The number of hydrogen-bond donors (Lipinski definition) is 2. The Morgan fingerprint density at radius 3 is 2.88 bits per heavy atom. The van der Waals surface area contributed by atoms with Crippen LogP contribution in [-0.4, -0.2) is 30.7 Å². The number of nitrogens with one attached hydrogen (secondary N) is 1. The molecule has 2 aliphatic rings. The summed E-state index contributed by atoms with van der Waals surface area (Å²) in [5.74, 6) is -0.112. The number of hydrogen-bond acceptors (Lipinski definition) is 4. The fourth-order valence-electron chi connectivity index (χ4n) is 2.63.